The highest BCUT2D eigenvalue weighted by Crippen LogP contribution is 2.25. The van der Waals surface area contributed by atoms with Gasteiger partial charge in [-0.15, -0.1) is 0 Å². The summed E-state index contributed by atoms with van der Waals surface area (Å²) in [4.78, 5) is 4.49. The fourth-order valence-corrected chi connectivity index (χ4v) is 2.87. The van der Waals surface area contributed by atoms with E-state index in [0.717, 1.165) is 34.5 Å². The molecule has 1 atom stereocenters. The van der Waals surface area contributed by atoms with Gasteiger partial charge >= 0.3 is 0 Å². The molecule has 4 nitrogen and oxygen atoms in total. The molecule has 3 aromatic rings. The number of aryl methyl sites for hydroxylation is 3. The second-order valence-electron chi connectivity index (χ2n) is 5.88. The molecule has 1 aromatic carbocycles. The van der Waals surface area contributed by atoms with Crippen molar-refractivity contribution in [1.29, 1.82) is 0 Å². The zero-order chi connectivity index (χ0) is 15.7. The summed E-state index contributed by atoms with van der Waals surface area (Å²) in [6, 6.07) is 8.59. The number of rotatable bonds is 4. The van der Waals surface area contributed by atoms with Gasteiger partial charge in [-0.05, 0) is 45.7 Å². The molecule has 0 spiro atoms. The summed E-state index contributed by atoms with van der Waals surface area (Å²) in [7, 11) is 0. The van der Waals surface area contributed by atoms with Crippen LogP contribution >= 0.6 is 0 Å². The third-order valence-electron chi connectivity index (χ3n) is 4.07. The number of para-hydroxylation sites is 1. The number of fused-ring (bicyclic) bond motifs is 1. The Balaban J connectivity index is 1.86. The van der Waals surface area contributed by atoms with Crippen LogP contribution in [0.15, 0.2) is 35.0 Å². The Labute approximate surface area is 130 Å². The molecular weight excluding hydrogens is 274 g/mol. The van der Waals surface area contributed by atoms with Crippen molar-refractivity contribution in [3.8, 4) is 0 Å². The molecule has 1 N–H and O–H groups in total. The van der Waals surface area contributed by atoms with Crippen LogP contribution in [0, 0.1) is 20.8 Å². The maximum atomic E-state index is 5.24. The van der Waals surface area contributed by atoms with Crippen LogP contribution < -0.4 is 5.32 Å². The number of nitrogens with one attached hydrogen (secondary N) is 1. The third-order valence-corrected chi connectivity index (χ3v) is 4.07. The minimum Gasteiger partial charge on any atom is -0.382 e. The van der Waals surface area contributed by atoms with Gasteiger partial charge in [-0.1, -0.05) is 23.4 Å². The van der Waals surface area contributed by atoms with Crippen molar-refractivity contribution in [2.75, 3.05) is 5.32 Å². The van der Waals surface area contributed by atoms with Crippen LogP contribution in [0.1, 0.15) is 29.5 Å². The van der Waals surface area contributed by atoms with Crippen LogP contribution in [0.25, 0.3) is 10.9 Å². The first kappa shape index (κ1) is 14.6. The molecule has 2 aromatic heterocycles. The van der Waals surface area contributed by atoms with Gasteiger partial charge in [0.25, 0.3) is 0 Å². The molecule has 0 amide bonds. The van der Waals surface area contributed by atoms with Gasteiger partial charge in [0, 0.05) is 28.9 Å². The van der Waals surface area contributed by atoms with Crippen molar-refractivity contribution in [3.63, 3.8) is 0 Å². The Bertz CT molecular complexity index is 788. The van der Waals surface area contributed by atoms with E-state index in [1.165, 1.54) is 11.1 Å². The summed E-state index contributed by atoms with van der Waals surface area (Å²) < 4.78 is 5.24. The van der Waals surface area contributed by atoms with E-state index >= 15 is 0 Å². The SMILES string of the molecule is Cc1noc(C)c1CC(C)Nc1ccnc2c(C)cccc12. The predicted molar refractivity (Wildman–Crippen MR) is 89.2 cm³/mol. The normalized spacial score (nSPS) is 12.5. The predicted octanol–water partition coefficient (Wildman–Crippen LogP) is 4.19. The van der Waals surface area contributed by atoms with Gasteiger partial charge in [-0.25, -0.2) is 0 Å². The van der Waals surface area contributed by atoms with Gasteiger partial charge in [-0.3, -0.25) is 4.98 Å². The van der Waals surface area contributed by atoms with Gasteiger partial charge in [0.1, 0.15) is 5.76 Å². The topological polar surface area (TPSA) is 51.0 Å². The zero-order valence-corrected chi connectivity index (χ0v) is 13.5. The average molecular weight is 295 g/mol. The lowest BCUT2D eigenvalue weighted by Gasteiger charge is -2.17. The van der Waals surface area contributed by atoms with Crippen molar-refractivity contribution in [2.24, 2.45) is 0 Å². The van der Waals surface area contributed by atoms with Crippen LogP contribution in [0.5, 0.6) is 0 Å². The Hall–Kier alpha value is -2.36. The highest BCUT2D eigenvalue weighted by Gasteiger charge is 2.14. The molecule has 0 radical (unpaired) electrons. The first-order valence-corrected chi connectivity index (χ1v) is 7.59. The molecule has 3 rings (SSSR count). The second kappa shape index (κ2) is 5.79. The summed E-state index contributed by atoms with van der Waals surface area (Å²) in [5.41, 5.74) is 5.53. The third kappa shape index (κ3) is 2.69. The first-order valence-electron chi connectivity index (χ1n) is 7.59. The molecule has 0 aliphatic rings. The molecule has 0 saturated heterocycles. The molecule has 0 aliphatic carbocycles. The maximum absolute atomic E-state index is 5.24. The van der Waals surface area contributed by atoms with Gasteiger partial charge in [0.2, 0.25) is 0 Å². The molecule has 0 fully saturated rings. The van der Waals surface area contributed by atoms with E-state index in [0.29, 0.717) is 0 Å². The van der Waals surface area contributed by atoms with Gasteiger partial charge in [0.05, 0.1) is 11.2 Å². The second-order valence-corrected chi connectivity index (χ2v) is 5.88. The van der Waals surface area contributed by atoms with E-state index in [2.05, 4.69) is 47.5 Å². The largest absolute Gasteiger partial charge is 0.382 e. The molecule has 2 heterocycles. The van der Waals surface area contributed by atoms with E-state index in [4.69, 9.17) is 4.52 Å². The lowest BCUT2D eigenvalue weighted by Crippen LogP contribution is -2.19. The molecular formula is C18H21N3O. The van der Waals surface area contributed by atoms with Crippen LogP contribution in [0.2, 0.25) is 0 Å². The number of hydrogen-bond donors (Lipinski definition) is 1. The quantitative estimate of drug-likeness (QED) is 0.784. The lowest BCUT2D eigenvalue weighted by molar-refractivity contribution is 0.392. The fourth-order valence-electron chi connectivity index (χ4n) is 2.87. The minimum absolute atomic E-state index is 0.280. The lowest BCUT2D eigenvalue weighted by atomic mass is 10.0. The Morgan fingerprint density at radius 2 is 2.00 bits per heavy atom. The number of anilines is 1. The van der Waals surface area contributed by atoms with Gasteiger partial charge < -0.3 is 9.84 Å². The van der Waals surface area contributed by atoms with Crippen molar-refractivity contribution in [2.45, 2.75) is 40.2 Å². The van der Waals surface area contributed by atoms with E-state index in [1.54, 1.807) is 0 Å². The van der Waals surface area contributed by atoms with Crippen LogP contribution in [-0.2, 0) is 6.42 Å². The summed E-state index contributed by atoms with van der Waals surface area (Å²) in [5.74, 6) is 0.904. The number of hydrogen-bond acceptors (Lipinski definition) is 4. The first-order chi connectivity index (χ1) is 10.6. The highest BCUT2D eigenvalue weighted by atomic mass is 16.5. The van der Waals surface area contributed by atoms with Crippen molar-refractivity contribution < 1.29 is 4.52 Å². The van der Waals surface area contributed by atoms with E-state index < -0.39 is 0 Å². The van der Waals surface area contributed by atoms with Crippen molar-refractivity contribution >= 4 is 16.6 Å². The zero-order valence-electron chi connectivity index (χ0n) is 13.5. The smallest absolute Gasteiger partial charge is 0.137 e. The average Bonchev–Trinajstić information content (AvgIpc) is 2.80. The minimum atomic E-state index is 0.280. The number of nitrogens with zero attached hydrogens (tertiary/aromatic N) is 2. The summed E-state index contributed by atoms with van der Waals surface area (Å²) in [6.07, 6.45) is 2.75. The Kier molecular flexibility index (Phi) is 3.84. The van der Waals surface area contributed by atoms with Crippen LogP contribution in [0.4, 0.5) is 5.69 Å². The Morgan fingerprint density at radius 3 is 2.73 bits per heavy atom. The highest BCUT2D eigenvalue weighted by molar-refractivity contribution is 5.92. The number of benzene rings is 1. The number of aromatic nitrogens is 2. The molecule has 0 saturated carbocycles. The standard InChI is InChI=1S/C18H21N3O/c1-11-6-5-7-15-17(8-9-19-18(11)15)20-12(2)10-16-13(3)21-22-14(16)4/h5-9,12H,10H2,1-4H3,(H,19,20). The molecule has 0 aliphatic heterocycles. The van der Waals surface area contributed by atoms with Crippen molar-refractivity contribution in [1.82, 2.24) is 10.1 Å². The molecule has 22 heavy (non-hydrogen) atoms. The van der Waals surface area contributed by atoms with E-state index in [1.807, 2.05) is 26.1 Å². The molecule has 4 heteroatoms. The van der Waals surface area contributed by atoms with Crippen molar-refractivity contribution in [3.05, 3.63) is 53.0 Å². The van der Waals surface area contributed by atoms with E-state index in [-0.39, 0.29) is 6.04 Å². The summed E-state index contributed by atoms with van der Waals surface area (Å²) >= 11 is 0. The summed E-state index contributed by atoms with van der Waals surface area (Å²) in [5, 5.41) is 8.78. The Morgan fingerprint density at radius 1 is 1.18 bits per heavy atom. The van der Waals surface area contributed by atoms with Gasteiger partial charge in [0.15, 0.2) is 0 Å². The molecule has 0 bridgehead atoms. The summed E-state index contributed by atoms with van der Waals surface area (Å²) in [6.45, 7) is 8.22. The van der Waals surface area contributed by atoms with Gasteiger partial charge in [-0.2, -0.15) is 0 Å². The fraction of sp³-hybridized carbons (Fsp3) is 0.333. The molecule has 1 unspecified atom stereocenters. The number of pyridine rings is 1. The monoisotopic (exact) mass is 295 g/mol. The maximum Gasteiger partial charge on any atom is 0.137 e. The molecule has 114 valence electrons. The van der Waals surface area contributed by atoms with Crippen LogP contribution in [-0.4, -0.2) is 16.2 Å². The van der Waals surface area contributed by atoms with E-state index in [9.17, 15) is 0 Å². The van der Waals surface area contributed by atoms with Crippen LogP contribution in [0.3, 0.4) is 0 Å².